The van der Waals surface area contributed by atoms with Gasteiger partial charge in [0.1, 0.15) is 12.0 Å². The molecule has 0 saturated carbocycles. The number of halogens is 1. The molecule has 0 bridgehead atoms. The van der Waals surface area contributed by atoms with Crippen molar-refractivity contribution in [2.45, 2.75) is 23.5 Å². The smallest absolute Gasteiger partial charge is 0.243 e. The van der Waals surface area contributed by atoms with E-state index in [0.29, 0.717) is 22.2 Å². The Bertz CT molecular complexity index is 1300. The van der Waals surface area contributed by atoms with Gasteiger partial charge in [0.2, 0.25) is 10.0 Å². The van der Waals surface area contributed by atoms with Crippen molar-refractivity contribution in [1.29, 1.82) is 0 Å². The largest absolute Gasteiger partial charge is 0.449 e. The Morgan fingerprint density at radius 3 is 2.45 bits per heavy atom. The van der Waals surface area contributed by atoms with Gasteiger partial charge in [-0.05, 0) is 30.2 Å². The quantitative estimate of drug-likeness (QED) is 0.562. The monoisotopic (exact) mass is 480 g/mol. The van der Waals surface area contributed by atoms with E-state index in [9.17, 15) is 16.8 Å². The fourth-order valence-electron chi connectivity index (χ4n) is 3.69. The fourth-order valence-corrected chi connectivity index (χ4v) is 7.41. The average Bonchev–Trinajstić information content (AvgIpc) is 3.10. The van der Waals surface area contributed by atoms with Gasteiger partial charge in [-0.25, -0.2) is 21.8 Å². The van der Waals surface area contributed by atoms with Gasteiger partial charge in [0.25, 0.3) is 0 Å². The second-order valence-corrected chi connectivity index (χ2v) is 12.0. The predicted molar refractivity (Wildman–Crippen MR) is 118 cm³/mol. The van der Waals surface area contributed by atoms with E-state index in [1.165, 1.54) is 22.7 Å². The molecule has 2 aromatic carbocycles. The van der Waals surface area contributed by atoms with Crippen LogP contribution in [0.25, 0.3) is 11.3 Å². The first-order valence-corrected chi connectivity index (χ1v) is 13.2. The zero-order valence-corrected chi connectivity index (χ0v) is 19.1. The van der Waals surface area contributed by atoms with Gasteiger partial charge in [0.15, 0.2) is 15.7 Å². The van der Waals surface area contributed by atoms with Crippen LogP contribution in [-0.2, 0) is 19.9 Å². The van der Waals surface area contributed by atoms with Crippen LogP contribution in [0.15, 0.2) is 64.1 Å². The lowest BCUT2D eigenvalue weighted by molar-refractivity contribution is 0.428. The van der Waals surface area contributed by atoms with E-state index in [2.05, 4.69) is 4.98 Å². The molecule has 1 atom stereocenters. The van der Waals surface area contributed by atoms with Crippen molar-refractivity contribution in [2.75, 3.05) is 18.8 Å². The number of nitrogens with zero attached hydrogens (tertiary/aromatic N) is 2. The molecule has 0 radical (unpaired) electrons. The molecular weight excluding hydrogens is 460 g/mol. The van der Waals surface area contributed by atoms with Crippen LogP contribution in [0.5, 0.6) is 0 Å². The zero-order valence-electron chi connectivity index (χ0n) is 16.7. The molecule has 2 heterocycles. The van der Waals surface area contributed by atoms with E-state index >= 15 is 0 Å². The Balaban J connectivity index is 1.59. The molecule has 1 unspecified atom stereocenters. The summed E-state index contributed by atoms with van der Waals surface area (Å²) in [5.41, 5.74) is 1.86. The molecule has 164 valence electrons. The van der Waals surface area contributed by atoms with Crippen molar-refractivity contribution in [2.24, 2.45) is 0 Å². The molecule has 7 nitrogen and oxygen atoms in total. The maximum absolute atomic E-state index is 13.2. The van der Waals surface area contributed by atoms with Gasteiger partial charge in [-0.1, -0.05) is 41.9 Å². The van der Waals surface area contributed by atoms with Crippen LogP contribution in [0.4, 0.5) is 0 Å². The molecule has 3 aromatic rings. The van der Waals surface area contributed by atoms with Crippen LogP contribution in [-0.4, -0.2) is 45.0 Å². The summed E-state index contributed by atoms with van der Waals surface area (Å²) in [6.07, 6.45) is 1.65. The summed E-state index contributed by atoms with van der Waals surface area (Å²) in [6, 6.07) is 13.1. The fraction of sp³-hybridized carbons (Fsp3) is 0.286. The minimum absolute atomic E-state index is 0.0850. The number of hydrogen-bond donors (Lipinski definition) is 0. The van der Waals surface area contributed by atoms with Crippen LogP contribution < -0.4 is 0 Å². The molecule has 0 amide bonds. The van der Waals surface area contributed by atoms with Crippen LogP contribution in [0, 0.1) is 6.92 Å². The van der Waals surface area contributed by atoms with Crippen LogP contribution in [0.1, 0.15) is 23.1 Å². The van der Waals surface area contributed by atoms with Gasteiger partial charge >= 0.3 is 0 Å². The highest BCUT2D eigenvalue weighted by Gasteiger charge is 2.36. The third-order valence-electron chi connectivity index (χ3n) is 5.36. The van der Waals surface area contributed by atoms with Gasteiger partial charge in [-0.3, -0.25) is 0 Å². The van der Waals surface area contributed by atoms with E-state index in [-0.39, 0.29) is 30.2 Å². The van der Waals surface area contributed by atoms with E-state index in [0.717, 1.165) is 5.56 Å². The Morgan fingerprint density at radius 2 is 1.81 bits per heavy atom. The summed E-state index contributed by atoms with van der Waals surface area (Å²) in [6.45, 7) is 1.71. The molecular formula is C21H21ClN2O5S2. The number of sulfonamides is 1. The van der Waals surface area contributed by atoms with E-state index in [1.54, 1.807) is 43.3 Å². The Morgan fingerprint density at radius 1 is 1.10 bits per heavy atom. The molecule has 1 aliphatic rings. The van der Waals surface area contributed by atoms with Gasteiger partial charge in [0, 0.05) is 30.6 Å². The molecule has 4 rings (SSSR count). The van der Waals surface area contributed by atoms with E-state index in [4.69, 9.17) is 16.0 Å². The molecule has 1 aromatic heterocycles. The van der Waals surface area contributed by atoms with Crippen molar-refractivity contribution >= 4 is 31.5 Å². The summed E-state index contributed by atoms with van der Waals surface area (Å²) in [5, 5.41) is -0.467. The van der Waals surface area contributed by atoms with Crippen LogP contribution in [0.3, 0.4) is 0 Å². The molecule has 10 heteroatoms. The number of benzene rings is 2. The summed E-state index contributed by atoms with van der Waals surface area (Å²) in [7, 11) is -7.41. The Labute approximate surface area is 186 Å². The summed E-state index contributed by atoms with van der Waals surface area (Å²) >= 11 is 6.22. The van der Waals surface area contributed by atoms with Crippen molar-refractivity contribution in [3.8, 4) is 11.3 Å². The summed E-state index contributed by atoms with van der Waals surface area (Å²) in [4.78, 5) is 4.33. The van der Waals surface area contributed by atoms with Crippen molar-refractivity contribution in [3.05, 3.63) is 71.3 Å². The number of rotatable bonds is 4. The third-order valence-corrected chi connectivity index (χ3v) is 9.72. The molecule has 1 aliphatic heterocycles. The van der Waals surface area contributed by atoms with Crippen LogP contribution in [0.2, 0.25) is 5.02 Å². The van der Waals surface area contributed by atoms with E-state index < -0.39 is 25.1 Å². The number of aromatic nitrogens is 1. The normalized spacial score (nSPS) is 19.7. The highest BCUT2D eigenvalue weighted by molar-refractivity contribution is 7.92. The lowest BCUT2D eigenvalue weighted by Gasteiger charge is -2.20. The SMILES string of the molecule is Cc1nc(-c2ccc(S(=O)(=O)N3CCC(c4ccccc4Cl)S(=O)(=O)CC3)cc2)co1. The van der Waals surface area contributed by atoms with E-state index in [1.807, 2.05) is 0 Å². The summed E-state index contributed by atoms with van der Waals surface area (Å²) in [5.74, 6) is 0.254. The van der Waals surface area contributed by atoms with Crippen molar-refractivity contribution in [1.82, 2.24) is 9.29 Å². The minimum atomic E-state index is -3.85. The standard InChI is InChI=1S/C21H21ClN2O5S2/c1-15-23-20(14-29-15)16-6-8-17(9-7-16)31(27,28)24-11-10-21(30(25,26)13-12-24)18-4-2-3-5-19(18)22/h2-9,14,21H,10-13H2,1H3. The van der Waals surface area contributed by atoms with Gasteiger partial charge in [0.05, 0.1) is 15.9 Å². The highest BCUT2D eigenvalue weighted by atomic mass is 35.5. The second-order valence-electron chi connectivity index (χ2n) is 7.35. The number of sulfone groups is 1. The molecule has 31 heavy (non-hydrogen) atoms. The van der Waals surface area contributed by atoms with Gasteiger partial charge < -0.3 is 4.42 Å². The zero-order chi connectivity index (χ0) is 22.2. The molecule has 0 N–H and O–H groups in total. The first kappa shape index (κ1) is 22.0. The van der Waals surface area contributed by atoms with Crippen molar-refractivity contribution in [3.63, 3.8) is 0 Å². The molecule has 0 aliphatic carbocycles. The summed E-state index contributed by atoms with van der Waals surface area (Å²) < 4.78 is 58.5. The van der Waals surface area contributed by atoms with Gasteiger partial charge in [-0.15, -0.1) is 0 Å². The molecule has 1 saturated heterocycles. The predicted octanol–water partition coefficient (Wildman–Crippen LogP) is 3.85. The van der Waals surface area contributed by atoms with Crippen molar-refractivity contribution < 1.29 is 21.3 Å². The topological polar surface area (TPSA) is 97.5 Å². The Hall–Kier alpha value is -2.20. The first-order chi connectivity index (χ1) is 14.7. The third kappa shape index (κ3) is 4.41. The minimum Gasteiger partial charge on any atom is -0.449 e. The number of oxazole rings is 1. The maximum atomic E-state index is 13.2. The van der Waals surface area contributed by atoms with Gasteiger partial charge in [-0.2, -0.15) is 4.31 Å². The number of aryl methyl sites for hydroxylation is 1. The first-order valence-electron chi connectivity index (χ1n) is 9.67. The second kappa shape index (κ2) is 8.38. The van der Waals surface area contributed by atoms with Crippen LogP contribution >= 0.6 is 11.6 Å². The average molecular weight is 481 g/mol. The number of hydrogen-bond acceptors (Lipinski definition) is 6. The highest BCUT2D eigenvalue weighted by Crippen LogP contribution is 2.35. The lowest BCUT2D eigenvalue weighted by atomic mass is 10.1. The Kier molecular flexibility index (Phi) is 5.95. The maximum Gasteiger partial charge on any atom is 0.243 e. The lowest BCUT2D eigenvalue weighted by Crippen LogP contribution is -2.33. The molecule has 1 fully saturated rings. The molecule has 0 spiro atoms.